The third kappa shape index (κ3) is 5.72. The summed E-state index contributed by atoms with van der Waals surface area (Å²) >= 11 is 0. The Morgan fingerprint density at radius 1 is 0.968 bits per heavy atom. The molecule has 1 saturated heterocycles. The number of amides is 1. The molecule has 0 atom stereocenters. The van der Waals surface area contributed by atoms with Gasteiger partial charge in [0.15, 0.2) is 6.61 Å². The molecule has 0 saturated carbocycles. The largest absolute Gasteiger partial charge is 0.484 e. The summed E-state index contributed by atoms with van der Waals surface area (Å²) < 4.78 is 5.52. The molecule has 0 bridgehead atoms. The summed E-state index contributed by atoms with van der Waals surface area (Å²) in [6, 6.07) is 17.1. The Kier molecular flexibility index (Phi) is 6.31. The van der Waals surface area contributed by atoms with Crippen LogP contribution in [0.1, 0.15) is 24.1 Å². The molecule has 0 unspecified atom stereocenters. The quantitative estimate of drug-likeness (QED) is 0.591. The van der Waals surface area contributed by atoms with Crippen molar-refractivity contribution in [2.24, 2.45) is 0 Å². The van der Waals surface area contributed by atoms with Crippen LogP contribution in [-0.2, 0) is 4.79 Å². The van der Waals surface area contributed by atoms with Crippen LogP contribution >= 0.6 is 0 Å². The zero-order valence-corrected chi connectivity index (χ0v) is 17.9. The van der Waals surface area contributed by atoms with Crippen LogP contribution in [-0.4, -0.2) is 35.6 Å². The fourth-order valence-corrected chi connectivity index (χ4v) is 3.46. The SMILES string of the molecule is Cc1ccc(OCC(=O)Nc2ccc(Nc3nc(C)cc(N4CCCC4)n3)cc2)cc1. The molecule has 2 N–H and O–H groups in total. The number of ether oxygens (including phenoxy) is 1. The molecule has 7 nitrogen and oxygen atoms in total. The normalized spacial score (nSPS) is 13.2. The second kappa shape index (κ2) is 9.47. The summed E-state index contributed by atoms with van der Waals surface area (Å²) in [5, 5.41) is 6.09. The lowest BCUT2D eigenvalue weighted by atomic mass is 10.2. The zero-order chi connectivity index (χ0) is 21.6. The van der Waals surface area contributed by atoms with Crippen LogP contribution in [0.3, 0.4) is 0 Å². The highest BCUT2D eigenvalue weighted by Crippen LogP contribution is 2.22. The van der Waals surface area contributed by atoms with Crippen molar-refractivity contribution in [3.63, 3.8) is 0 Å². The summed E-state index contributed by atoms with van der Waals surface area (Å²) in [6.07, 6.45) is 2.41. The molecule has 160 valence electrons. The Bertz CT molecular complexity index is 1030. The molecule has 2 heterocycles. The van der Waals surface area contributed by atoms with Gasteiger partial charge in [-0.25, -0.2) is 4.98 Å². The van der Waals surface area contributed by atoms with Crippen LogP contribution < -0.4 is 20.3 Å². The third-order valence-corrected chi connectivity index (χ3v) is 5.09. The second-order valence-electron chi connectivity index (χ2n) is 7.74. The van der Waals surface area contributed by atoms with Crippen molar-refractivity contribution in [2.75, 3.05) is 35.2 Å². The van der Waals surface area contributed by atoms with Crippen molar-refractivity contribution >= 4 is 29.0 Å². The monoisotopic (exact) mass is 417 g/mol. The molecule has 0 spiro atoms. The van der Waals surface area contributed by atoms with Crippen molar-refractivity contribution in [1.29, 1.82) is 0 Å². The highest BCUT2D eigenvalue weighted by Gasteiger charge is 2.15. The summed E-state index contributed by atoms with van der Waals surface area (Å²) in [6.45, 7) is 6.02. The van der Waals surface area contributed by atoms with Crippen LogP contribution in [0, 0.1) is 13.8 Å². The maximum absolute atomic E-state index is 12.2. The molecular weight excluding hydrogens is 390 g/mol. The first-order chi connectivity index (χ1) is 15.0. The van der Waals surface area contributed by atoms with Gasteiger partial charge in [0.1, 0.15) is 11.6 Å². The number of hydrogen-bond donors (Lipinski definition) is 2. The molecule has 0 radical (unpaired) electrons. The highest BCUT2D eigenvalue weighted by molar-refractivity contribution is 5.92. The van der Waals surface area contributed by atoms with E-state index < -0.39 is 0 Å². The molecule has 2 aromatic carbocycles. The third-order valence-electron chi connectivity index (χ3n) is 5.09. The average molecular weight is 418 g/mol. The molecule has 3 aromatic rings. The van der Waals surface area contributed by atoms with Gasteiger partial charge in [-0.15, -0.1) is 0 Å². The van der Waals surface area contributed by atoms with E-state index >= 15 is 0 Å². The molecule has 7 heteroatoms. The van der Waals surface area contributed by atoms with E-state index in [-0.39, 0.29) is 12.5 Å². The number of carbonyl (C=O) groups excluding carboxylic acids is 1. The van der Waals surface area contributed by atoms with Crippen molar-refractivity contribution in [3.8, 4) is 5.75 Å². The lowest BCUT2D eigenvalue weighted by Gasteiger charge is -2.17. The van der Waals surface area contributed by atoms with Gasteiger partial charge in [0.2, 0.25) is 5.95 Å². The molecule has 1 aliphatic heterocycles. The number of aromatic nitrogens is 2. The Balaban J connectivity index is 1.33. The Morgan fingerprint density at radius 2 is 1.65 bits per heavy atom. The van der Waals surface area contributed by atoms with Crippen molar-refractivity contribution in [2.45, 2.75) is 26.7 Å². The van der Waals surface area contributed by atoms with Gasteiger partial charge < -0.3 is 20.3 Å². The topological polar surface area (TPSA) is 79.4 Å². The summed E-state index contributed by atoms with van der Waals surface area (Å²) in [5.74, 6) is 2.00. The van der Waals surface area contributed by atoms with Crippen molar-refractivity contribution < 1.29 is 9.53 Å². The van der Waals surface area contributed by atoms with E-state index in [9.17, 15) is 4.79 Å². The maximum Gasteiger partial charge on any atom is 0.262 e. The smallest absolute Gasteiger partial charge is 0.262 e. The van der Waals surface area contributed by atoms with Crippen LogP contribution in [0.4, 0.5) is 23.1 Å². The molecule has 1 aliphatic rings. The Morgan fingerprint density at radius 3 is 2.35 bits per heavy atom. The van der Waals surface area contributed by atoms with Gasteiger partial charge in [0.25, 0.3) is 5.91 Å². The molecule has 1 fully saturated rings. The van der Waals surface area contributed by atoms with E-state index in [1.165, 1.54) is 12.8 Å². The van der Waals surface area contributed by atoms with Gasteiger partial charge in [-0.3, -0.25) is 4.79 Å². The Labute approximate surface area is 182 Å². The predicted octanol–water partition coefficient (Wildman–Crippen LogP) is 4.45. The number of nitrogens with zero attached hydrogens (tertiary/aromatic N) is 3. The average Bonchev–Trinajstić information content (AvgIpc) is 3.29. The van der Waals surface area contributed by atoms with Crippen LogP contribution in [0.25, 0.3) is 0 Å². The van der Waals surface area contributed by atoms with Gasteiger partial charge in [-0.1, -0.05) is 17.7 Å². The number of anilines is 4. The first-order valence-electron chi connectivity index (χ1n) is 10.5. The first-order valence-corrected chi connectivity index (χ1v) is 10.5. The van der Waals surface area contributed by atoms with Gasteiger partial charge in [0.05, 0.1) is 0 Å². The van der Waals surface area contributed by atoms with Gasteiger partial charge in [-0.05, 0) is 63.1 Å². The standard InChI is InChI=1S/C24H27N5O2/c1-17-5-11-21(12-6-17)31-16-23(30)26-19-7-9-20(10-8-19)27-24-25-18(2)15-22(28-24)29-13-3-4-14-29/h5-12,15H,3-4,13-14,16H2,1-2H3,(H,26,30)(H,25,27,28). The summed E-state index contributed by atoms with van der Waals surface area (Å²) in [7, 11) is 0. The Hall–Kier alpha value is -3.61. The van der Waals surface area contributed by atoms with Crippen LogP contribution in [0.15, 0.2) is 54.6 Å². The van der Waals surface area contributed by atoms with Gasteiger partial charge in [0, 0.05) is 36.2 Å². The minimum absolute atomic E-state index is 0.0422. The number of rotatable bonds is 7. The van der Waals surface area contributed by atoms with Crippen LogP contribution in [0.5, 0.6) is 5.75 Å². The van der Waals surface area contributed by atoms with Crippen molar-refractivity contribution in [1.82, 2.24) is 9.97 Å². The maximum atomic E-state index is 12.2. The number of aryl methyl sites for hydroxylation is 2. The van der Waals surface area contributed by atoms with E-state index in [1.54, 1.807) is 0 Å². The molecular formula is C24H27N5O2. The molecule has 4 rings (SSSR count). The van der Waals surface area contributed by atoms with E-state index in [4.69, 9.17) is 4.74 Å². The number of benzene rings is 2. The van der Waals surface area contributed by atoms with E-state index in [0.717, 1.165) is 35.9 Å². The fourth-order valence-electron chi connectivity index (χ4n) is 3.46. The predicted molar refractivity (Wildman–Crippen MR) is 123 cm³/mol. The van der Waals surface area contributed by atoms with Gasteiger partial charge >= 0.3 is 0 Å². The number of hydrogen-bond acceptors (Lipinski definition) is 6. The number of carbonyl (C=O) groups is 1. The fraction of sp³-hybridized carbons (Fsp3) is 0.292. The zero-order valence-electron chi connectivity index (χ0n) is 17.9. The highest BCUT2D eigenvalue weighted by atomic mass is 16.5. The van der Waals surface area contributed by atoms with E-state index in [2.05, 4.69) is 25.5 Å². The lowest BCUT2D eigenvalue weighted by molar-refractivity contribution is -0.118. The molecule has 1 amide bonds. The molecule has 0 aliphatic carbocycles. The lowest BCUT2D eigenvalue weighted by Crippen LogP contribution is -2.20. The number of nitrogens with one attached hydrogen (secondary N) is 2. The second-order valence-corrected chi connectivity index (χ2v) is 7.74. The van der Waals surface area contributed by atoms with Crippen LogP contribution in [0.2, 0.25) is 0 Å². The minimum Gasteiger partial charge on any atom is -0.484 e. The molecule has 31 heavy (non-hydrogen) atoms. The summed E-state index contributed by atoms with van der Waals surface area (Å²) in [5.41, 5.74) is 3.63. The first kappa shape index (κ1) is 20.7. The van der Waals surface area contributed by atoms with E-state index in [1.807, 2.05) is 68.4 Å². The van der Waals surface area contributed by atoms with Gasteiger partial charge in [-0.2, -0.15) is 4.98 Å². The minimum atomic E-state index is -0.210. The molecule has 1 aromatic heterocycles. The van der Waals surface area contributed by atoms with E-state index in [0.29, 0.717) is 17.4 Å². The summed E-state index contributed by atoms with van der Waals surface area (Å²) in [4.78, 5) is 23.6. The van der Waals surface area contributed by atoms with Crippen molar-refractivity contribution in [3.05, 3.63) is 65.9 Å².